The van der Waals surface area contributed by atoms with E-state index in [-0.39, 0.29) is 0 Å². The molecule has 280 valence electrons. The first-order valence-electron chi connectivity index (χ1n) is 19.6. The highest BCUT2D eigenvalue weighted by molar-refractivity contribution is 6.06. The van der Waals surface area contributed by atoms with Crippen molar-refractivity contribution in [2.24, 2.45) is 0 Å². The smallest absolute Gasteiger partial charge is 0.164 e. The monoisotopic (exact) mass is 767 g/mol. The van der Waals surface area contributed by atoms with Crippen molar-refractivity contribution in [2.75, 3.05) is 0 Å². The summed E-state index contributed by atoms with van der Waals surface area (Å²) < 4.78 is 0. The summed E-state index contributed by atoms with van der Waals surface area (Å²) in [6.07, 6.45) is 0. The van der Waals surface area contributed by atoms with Crippen LogP contribution >= 0.6 is 0 Å². The van der Waals surface area contributed by atoms with Crippen LogP contribution in [0.25, 0.3) is 101 Å². The maximum absolute atomic E-state index is 11.2. The number of fused-ring (bicyclic) bond motifs is 1. The van der Waals surface area contributed by atoms with E-state index >= 15 is 0 Å². The van der Waals surface area contributed by atoms with Crippen molar-refractivity contribution in [3.05, 3.63) is 206 Å². The highest BCUT2D eigenvalue weighted by atomic mass is 15.0. The first-order chi connectivity index (χ1) is 29.7. The summed E-state index contributed by atoms with van der Waals surface area (Å²) in [5.41, 5.74) is 8.86. The number of benzene rings is 8. The lowest BCUT2D eigenvalue weighted by atomic mass is 9.84. The van der Waals surface area contributed by atoms with E-state index in [1.165, 1.54) is 0 Å². The van der Waals surface area contributed by atoms with Crippen molar-refractivity contribution in [1.29, 1.82) is 5.26 Å². The van der Waals surface area contributed by atoms with Gasteiger partial charge < -0.3 is 0 Å². The third kappa shape index (κ3) is 6.85. The second-order valence-electron chi connectivity index (χ2n) is 14.2. The topological polar surface area (TPSA) is 101 Å². The molecule has 2 heterocycles. The Labute approximate surface area is 347 Å². The standard InChI is InChI=1S/C53H33N7/c54-34-46-40-28-14-13-27-39(40)33-45(41-29-15-17-31-43(41)52-57-48(35-19-5-1-6-20-35)55-49(58-52)36-21-7-2-8-22-36)47(46)42-30-16-18-32-44(42)53-59-50(37-23-9-3-10-24-37)56-51(60-53)38-25-11-4-12-26-38/h1-33H. The van der Waals surface area contributed by atoms with Crippen molar-refractivity contribution in [2.45, 2.75) is 0 Å². The van der Waals surface area contributed by atoms with E-state index in [4.69, 9.17) is 29.9 Å². The van der Waals surface area contributed by atoms with Gasteiger partial charge in [-0.25, -0.2) is 29.9 Å². The molecule has 0 saturated heterocycles. The Morgan fingerprint density at radius 1 is 0.300 bits per heavy atom. The molecule has 0 amide bonds. The van der Waals surface area contributed by atoms with Crippen LogP contribution in [-0.4, -0.2) is 29.9 Å². The summed E-state index contributed by atoms with van der Waals surface area (Å²) in [5.74, 6) is 3.24. The van der Waals surface area contributed by atoms with Crippen LogP contribution in [0, 0.1) is 11.3 Å². The van der Waals surface area contributed by atoms with Crippen molar-refractivity contribution in [3.63, 3.8) is 0 Å². The Balaban J connectivity index is 1.24. The summed E-state index contributed by atoms with van der Waals surface area (Å²) in [5, 5.41) is 13.0. The van der Waals surface area contributed by atoms with Gasteiger partial charge in [-0.3, -0.25) is 0 Å². The molecule has 0 fully saturated rings. The van der Waals surface area contributed by atoms with E-state index in [9.17, 15) is 5.26 Å². The molecule has 10 rings (SSSR count). The van der Waals surface area contributed by atoms with Crippen molar-refractivity contribution >= 4 is 10.8 Å². The molecule has 0 N–H and O–H groups in total. The zero-order valence-electron chi connectivity index (χ0n) is 32.2. The fourth-order valence-corrected chi connectivity index (χ4v) is 7.62. The molecule has 0 spiro atoms. The van der Waals surface area contributed by atoms with Gasteiger partial charge in [-0.15, -0.1) is 0 Å². The van der Waals surface area contributed by atoms with Crippen LogP contribution < -0.4 is 0 Å². The van der Waals surface area contributed by atoms with E-state index in [1.54, 1.807) is 0 Å². The zero-order valence-corrected chi connectivity index (χ0v) is 32.2. The largest absolute Gasteiger partial charge is 0.208 e. The lowest BCUT2D eigenvalue weighted by Crippen LogP contribution is -2.03. The van der Waals surface area contributed by atoms with E-state index in [0.717, 1.165) is 66.4 Å². The molecule has 0 saturated carbocycles. The third-order valence-electron chi connectivity index (χ3n) is 10.5. The minimum atomic E-state index is 0.493. The van der Waals surface area contributed by atoms with Crippen LogP contribution in [0.15, 0.2) is 200 Å². The van der Waals surface area contributed by atoms with Gasteiger partial charge in [0.1, 0.15) is 6.07 Å². The molecule has 0 unspecified atom stereocenters. The first kappa shape index (κ1) is 35.9. The van der Waals surface area contributed by atoms with Gasteiger partial charge in [0.15, 0.2) is 34.9 Å². The Hall–Kier alpha value is -8.47. The molecule has 0 bridgehead atoms. The zero-order chi connectivity index (χ0) is 40.3. The van der Waals surface area contributed by atoms with Crippen LogP contribution in [0.4, 0.5) is 0 Å². The van der Waals surface area contributed by atoms with Gasteiger partial charge in [0.05, 0.1) is 5.56 Å². The first-order valence-corrected chi connectivity index (χ1v) is 19.6. The third-order valence-corrected chi connectivity index (χ3v) is 10.5. The second kappa shape index (κ2) is 15.8. The molecule has 0 atom stereocenters. The van der Waals surface area contributed by atoms with Gasteiger partial charge in [-0.2, -0.15) is 5.26 Å². The summed E-state index contributed by atoms with van der Waals surface area (Å²) in [4.78, 5) is 30.4. The lowest BCUT2D eigenvalue weighted by molar-refractivity contribution is 1.07. The molecule has 7 heteroatoms. The predicted octanol–water partition coefficient (Wildman–Crippen LogP) is 12.4. The Bertz CT molecular complexity index is 3090. The minimum absolute atomic E-state index is 0.493. The number of hydrogen-bond donors (Lipinski definition) is 0. The van der Waals surface area contributed by atoms with E-state index in [2.05, 4.69) is 18.2 Å². The fourth-order valence-electron chi connectivity index (χ4n) is 7.62. The molecule has 10 aromatic rings. The second-order valence-corrected chi connectivity index (χ2v) is 14.2. The average Bonchev–Trinajstić information content (AvgIpc) is 3.34. The molecule has 0 aliphatic heterocycles. The number of hydrogen-bond acceptors (Lipinski definition) is 7. The minimum Gasteiger partial charge on any atom is -0.208 e. The molecular weight excluding hydrogens is 735 g/mol. The van der Waals surface area contributed by atoms with E-state index in [1.807, 2.05) is 188 Å². The van der Waals surface area contributed by atoms with Gasteiger partial charge in [-0.05, 0) is 28.1 Å². The van der Waals surface area contributed by atoms with Gasteiger partial charge >= 0.3 is 0 Å². The SMILES string of the molecule is N#Cc1c(-c2ccccc2-c2nc(-c3ccccc3)nc(-c3ccccc3)n2)c(-c2ccccc2-c2nc(-c3ccccc3)nc(-c3ccccc3)n2)cc2ccccc12. The van der Waals surface area contributed by atoms with Crippen molar-refractivity contribution in [1.82, 2.24) is 29.9 Å². The van der Waals surface area contributed by atoms with Crippen LogP contribution in [0.3, 0.4) is 0 Å². The Morgan fingerprint density at radius 2 is 0.633 bits per heavy atom. The highest BCUT2D eigenvalue weighted by Gasteiger charge is 2.24. The predicted molar refractivity (Wildman–Crippen MR) is 239 cm³/mol. The van der Waals surface area contributed by atoms with Gasteiger partial charge in [0, 0.05) is 44.3 Å². The van der Waals surface area contributed by atoms with Crippen LogP contribution in [0.1, 0.15) is 5.56 Å². The number of nitriles is 1. The van der Waals surface area contributed by atoms with E-state index < -0.39 is 0 Å². The van der Waals surface area contributed by atoms with Crippen molar-refractivity contribution < 1.29 is 0 Å². The summed E-state index contributed by atoms with van der Waals surface area (Å²) in [7, 11) is 0. The Morgan fingerprint density at radius 3 is 1.07 bits per heavy atom. The molecule has 0 aliphatic carbocycles. The maximum atomic E-state index is 11.2. The molecule has 0 radical (unpaired) electrons. The molecule has 2 aromatic heterocycles. The van der Waals surface area contributed by atoms with Gasteiger partial charge in [0.2, 0.25) is 0 Å². The average molecular weight is 768 g/mol. The van der Waals surface area contributed by atoms with Crippen LogP contribution in [0.2, 0.25) is 0 Å². The van der Waals surface area contributed by atoms with Crippen molar-refractivity contribution in [3.8, 4) is 96.7 Å². The number of rotatable bonds is 8. The summed E-state index contributed by atoms with van der Waals surface area (Å²) in [6.45, 7) is 0. The van der Waals surface area contributed by atoms with Crippen LogP contribution in [0.5, 0.6) is 0 Å². The van der Waals surface area contributed by atoms with Crippen LogP contribution in [-0.2, 0) is 0 Å². The molecular formula is C53H33N7. The normalized spacial score (nSPS) is 11.0. The number of aromatic nitrogens is 6. The Kier molecular flexibility index (Phi) is 9.47. The van der Waals surface area contributed by atoms with E-state index in [0.29, 0.717) is 40.5 Å². The highest BCUT2D eigenvalue weighted by Crippen LogP contribution is 2.45. The van der Waals surface area contributed by atoms with Gasteiger partial charge in [-0.1, -0.05) is 194 Å². The summed E-state index contributed by atoms with van der Waals surface area (Å²) in [6, 6.07) is 68.7. The lowest BCUT2D eigenvalue weighted by Gasteiger charge is -2.20. The molecule has 0 aliphatic rings. The van der Waals surface area contributed by atoms with Gasteiger partial charge in [0.25, 0.3) is 0 Å². The molecule has 8 aromatic carbocycles. The maximum Gasteiger partial charge on any atom is 0.164 e. The summed E-state index contributed by atoms with van der Waals surface area (Å²) >= 11 is 0. The number of nitrogens with zero attached hydrogens (tertiary/aromatic N) is 7. The fraction of sp³-hybridized carbons (Fsp3) is 0. The molecule has 60 heavy (non-hydrogen) atoms. The quantitative estimate of drug-likeness (QED) is 0.152. The molecule has 7 nitrogen and oxygen atoms in total.